The molecule has 1 heterocycles. The molecule has 5 heteroatoms. The van der Waals surface area contributed by atoms with Gasteiger partial charge in [-0.15, -0.1) is 12.4 Å². The SMILES string of the molecule is Cl.O=C(OC(CN1CCCC1)c1ccccc1)C(O)(c1ccccc1)c1ccccc1. The molecule has 162 valence electrons. The Morgan fingerprint density at radius 3 is 1.77 bits per heavy atom. The van der Waals surface area contributed by atoms with E-state index in [2.05, 4.69) is 4.90 Å². The van der Waals surface area contributed by atoms with Crippen molar-refractivity contribution in [2.24, 2.45) is 0 Å². The van der Waals surface area contributed by atoms with Crippen molar-refractivity contribution >= 4 is 18.4 Å². The molecule has 0 aliphatic carbocycles. The zero-order valence-electron chi connectivity index (χ0n) is 17.4. The number of likely N-dealkylation sites (tertiary alicyclic amines) is 1. The van der Waals surface area contributed by atoms with E-state index in [0.29, 0.717) is 17.7 Å². The van der Waals surface area contributed by atoms with E-state index >= 15 is 0 Å². The van der Waals surface area contributed by atoms with E-state index in [-0.39, 0.29) is 12.4 Å². The van der Waals surface area contributed by atoms with Crippen molar-refractivity contribution in [3.63, 3.8) is 0 Å². The van der Waals surface area contributed by atoms with Crippen molar-refractivity contribution in [1.82, 2.24) is 4.90 Å². The second-order valence-corrected chi connectivity index (χ2v) is 7.75. The number of carbonyl (C=O) groups is 1. The van der Waals surface area contributed by atoms with E-state index in [1.807, 2.05) is 66.7 Å². The van der Waals surface area contributed by atoms with Gasteiger partial charge in [-0.2, -0.15) is 0 Å². The lowest BCUT2D eigenvalue weighted by atomic mass is 9.86. The number of aliphatic hydroxyl groups is 1. The molecule has 0 radical (unpaired) electrons. The minimum absolute atomic E-state index is 0. The Kier molecular flexibility index (Phi) is 7.85. The van der Waals surface area contributed by atoms with E-state index in [0.717, 1.165) is 31.5 Å². The average Bonchev–Trinajstić information content (AvgIpc) is 3.33. The van der Waals surface area contributed by atoms with Crippen LogP contribution in [0.4, 0.5) is 0 Å². The fourth-order valence-corrected chi connectivity index (χ4v) is 4.05. The number of halogens is 1. The fourth-order valence-electron chi connectivity index (χ4n) is 4.05. The first-order valence-electron chi connectivity index (χ1n) is 10.5. The van der Waals surface area contributed by atoms with E-state index in [9.17, 15) is 9.90 Å². The van der Waals surface area contributed by atoms with Crippen LogP contribution in [0.2, 0.25) is 0 Å². The van der Waals surface area contributed by atoms with E-state index in [1.165, 1.54) is 0 Å². The number of nitrogens with zero attached hydrogens (tertiary/aromatic N) is 1. The quantitative estimate of drug-likeness (QED) is 0.543. The molecule has 1 atom stereocenters. The molecule has 31 heavy (non-hydrogen) atoms. The first-order valence-corrected chi connectivity index (χ1v) is 10.5. The van der Waals surface area contributed by atoms with Crippen LogP contribution in [-0.4, -0.2) is 35.6 Å². The van der Waals surface area contributed by atoms with Gasteiger partial charge in [0, 0.05) is 6.54 Å². The molecule has 1 N–H and O–H groups in total. The number of hydrogen-bond acceptors (Lipinski definition) is 4. The van der Waals surface area contributed by atoms with Crippen molar-refractivity contribution in [2.75, 3.05) is 19.6 Å². The summed E-state index contributed by atoms with van der Waals surface area (Å²) in [6, 6.07) is 27.8. The summed E-state index contributed by atoms with van der Waals surface area (Å²) in [7, 11) is 0. The number of esters is 1. The summed E-state index contributed by atoms with van der Waals surface area (Å²) in [6.07, 6.45) is 1.87. The summed E-state index contributed by atoms with van der Waals surface area (Å²) in [4.78, 5) is 15.8. The normalized spacial score (nSPS) is 15.1. The van der Waals surface area contributed by atoms with Crippen LogP contribution < -0.4 is 0 Å². The average molecular weight is 438 g/mol. The largest absolute Gasteiger partial charge is 0.453 e. The van der Waals surface area contributed by atoms with Gasteiger partial charge >= 0.3 is 5.97 Å². The molecule has 0 saturated carbocycles. The number of ether oxygens (including phenoxy) is 1. The van der Waals surface area contributed by atoms with Gasteiger partial charge in [0.2, 0.25) is 5.60 Å². The van der Waals surface area contributed by atoms with Crippen LogP contribution >= 0.6 is 12.4 Å². The van der Waals surface area contributed by atoms with Crippen LogP contribution in [0.3, 0.4) is 0 Å². The lowest BCUT2D eigenvalue weighted by Crippen LogP contribution is -2.40. The van der Waals surface area contributed by atoms with Gasteiger partial charge in [-0.3, -0.25) is 4.90 Å². The molecular weight excluding hydrogens is 410 g/mol. The summed E-state index contributed by atoms with van der Waals surface area (Å²) >= 11 is 0. The monoisotopic (exact) mass is 437 g/mol. The summed E-state index contributed by atoms with van der Waals surface area (Å²) in [6.45, 7) is 2.63. The molecular formula is C26H28ClNO3. The molecule has 0 aromatic heterocycles. The molecule has 1 unspecified atom stereocenters. The van der Waals surface area contributed by atoms with Gasteiger partial charge in [0.05, 0.1) is 0 Å². The van der Waals surface area contributed by atoms with Crippen LogP contribution in [0.25, 0.3) is 0 Å². The van der Waals surface area contributed by atoms with Gasteiger partial charge in [-0.1, -0.05) is 91.0 Å². The van der Waals surface area contributed by atoms with Gasteiger partial charge in [-0.05, 0) is 42.6 Å². The first-order chi connectivity index (χ1) is 14.7. The minimum Gasteiger partial charge on any atom is -0.453 e. The molecule has 4 rings (SSSR count). The molecule has 1 fully saturated rings. The Labute approximate surface area is 189 Å². The maximum absolute atomic E-state index is 13.5. The van der Waals surface area contributed by atoms with Crippen molar-refractivity contribution in [3.8, 4) is 0 Å². The third-order valence-corrected chi connectivity index (χ3v) is 5.72. The van der Waals surface area contributed by atoms with E-state index in [4.69, 9.17) is 4.74 Å². The molecule has 0 spiro atoms. The van der Waals surface area contributed by atoms with Crippen molar-refractivity contribution in [2.45, 2.75) is 24.5 Å². The maximum atomic E-state index is 13.5. The van der Waals surface area contributed by atoms with E-state index < -0.39 is 17.7 Å². The highest BCUT2D eigenvalue weighted by Crippen LogP contribution is 2.33. The van der Waals surface area contributed by atoms with Crippen LogP contribution in [0.5, 0.6) is 0 Å². The summed E-state index contributed by atoms with van der Waals surface area (Å²) in [5, 5.41) is 11.7. The van der Waals surface area contributed by atoms with Crippen LogP contribution in [0, 0.1) is 0 Å². The third-order valence-electron chi connectivity index (χ3n) is 5.72. The molecule has 3 aromatic rings. The van der Waals surface area contributed by atoms with Crippen molar-refractivity contribution < 1.29 is 14.6 Å². The predicted octanol–water partition coefficient (Wildman–Crippen LogP) is 4.72. The van der Waals surface area contributed by atoms with Crippen LogP contribution in [-0.2, 0) is 15.1 Å². The van der Waals surface area contributed by atoms with E-state index in [1.54, 1.807) is 24.3 Å². The molecule has 1 saturated heterocycles. The number of benzene rings is 3. The smallest absolute Gasteiger partial charge is 0.348 e. The highest BCUT2D eigenvalue weighted by molar-refractivity contribution is 5.86. The van der Waals surface area contributed by atoms with Gasteiger partial charge in [0.15, 0.2) is 0 Å². The van der Waals surface area contributed by atoms with Crippen LogP contribution in [0.15, 0.2) is 91.0 Å². The third kappa shape index (κ3) is 5.16. The predicted molar refractivity (Wildman–Crippen MR) is 124 cm³/mol. The number of carbonyl (C=O) groups excluding carboxylic acids is 1. The Bertz CT molecular complexity index is 905. The highest BCUT2D eigenvalue weighted by Gasteiger charge is 2.43. The Morgan fingerprint density at radius 2 is 1.29 bits per heavy atom. The van der Waals surface area contributed by atoms with Gasteiger partial charge in [0.25, 0.3) is 0 Å². The molecule has 3 aromatic carbocycles. The summed E-state index contributed by atoms with van der Waals surface area (Å²) < 4.78 is 6.04. The molecule has 1 aliphatic rings. The lowest BCUT2D eigenvalue weighted by Gasteiger charge is -2.31. The van der Waals surface area contributed by atoms with Gasteiger partial charge in [0.1, 0.15) is 6.10 Å². The molecule has 1 aliphatic heterocycles. The Hall–Kier alpha value is -2.66. The summed E-state index contributed by atoms with van der Waals surface area (Å²) in [5.41, 5.74) is 0.0465. The number of hydrogen-bond donors (Lipinski definition) is 1. The molecule has 0 amide bonds. The van der Waals surface area contributed by atoms with Gasteiger partial charge in [-0.25, -0.2) is 4.79 Å². The second-order valence-electron chi connectivity index (χ2n) is 7.75. The second kappa shape index (κ2) is 10.6. The number of rotatable bonds is 7. The highest BCUT2D eigenvalue weighted by atomic mass is 35.5. The zero-order valence-corrected chi connectivity index (χ0v) is 18.2. The first kappa shape index (κ1) is 23.0. The van der Waals surface area contributed by atoms with Gasteiger partial charge < -0.3 is 9.84 Å². The maximum Gasteiger partial charge on any atom is 0.348 e. The molecule has 0 bridgehead atoms. The van der Waals surface area contributed by atoms with Crippen molar-refractivity contribution in [1.29, 1.82) is 0 Å². The fraction of sp³-hybridized carbons (Fsp3) is 0.269. The molecule has 4 nitrogen and oxygen atoms in total. The zero-order chi connectivity index (χ0) is 20.8. The Balaban J connectivity index is 0.00000272. The minimum atomic E-state index is -1.87. The topological polar surface area (TPSA) is 49.8 Å². The standard InChI is InChI=1S/C26H27NO3.ClH/c28-25(26(29,22-14-6-2-7-15-22)23-16-8-3-9-17-23)30-24(20-27-18-10-11-19-27)21-12-4-1-5-13-21;/h1-9,12-17,24,29H,10-11,18-20H2;1H. The Morgan fingerprint density at radius 1 is 0.839 bits per heavy atom. The lowest BCUT2D eigenvalue weighted by molar-refractivity contribution is -0.169. The van der Waals surface area contributed by atoms with Crippen LogP contribution in [0.1, 0.15) is 35.6 Å². The van der Waals surface area contributed by atoms with Crippen molar-refractivity contribution in [3.05, 3.63) is 108 Å². The summed E-state index contributed by atoms with van der Waals surface area (Å²) in [5.74, 6) is -0.659.